The summed E-state index contributed by atoms with van der Waals surface area (Å²) in [5.74, 6) is 1.48. The number of halogens is 1. The van der Waals surface area contributed by atoms with Gasteiger partial charge in [-0.15, -0.1) is 0 Å². The molecule has 0 amide bonds. The number of pyridine rings is 1. The van der Waals surface area contributed by atoms with Gasteiger partial charge in [0.15, 0.2) is 30.4 Å². The Morgan fingerprint density at radius 3 is 2.20 bits per heavy atom. The van der Waals surface area contributed by atoms with Gasteiger partial charge in [0.1, 0.15) is 0 Å². The molecular formula is C16H19BrNO2+. The summed E-state index contributed by atoms with van der Waals surface area (Å²) in [6.07, 6.45) is 5.25. The Kier molecular flexibility index (Phi) is 5.01. The molecule has 0 saturated carbocycles. The molecule has 0 radical (unpaired) electrons. The van der Waals surface area contributed by atoms with E-state index in [1.807, 2.05) is 12.1 Å². The van der Waals surface area contributed by atoms with Crippen LogP contribution in [0, 0.1) is 0 Å². The Morgan fingerprint density at radius 1 is 1.05 bits per heavy atom. The molecule has 0 fully saturated rings. The van der Waals surface area contributed by atoms with E-state index in [1.165, 1.54) is 5.56 Å². The number of nitrogens with zero attached hydrogens (tertiary/aromatic N) is 1. The highest BCUT2D eigenvalue weighted by atomic mass is 79.9. The van der Waals surface area contributed by atoms with Crippen molar-refractivity contribution in [2.45, 2.75) is 19.9 Å². The molecule has 0 aliphatic rings. The first-order valence-electron chi connectivity index (χ1n) is 6.56. The highest BCUT2D eigenvalue weighted by molar-refractivity contribution is 9.10. The molecular weight excluding hydrogens is 318 g/mol. The molecule has 0 aliphatic carbocycles. The fraction of sp³-hybridized carbons (Fsp3) is 0.312. The van der Waals surface area contributed by atoms with Crippen LogP contribution >= 0.6 is 15.9 Å². The van der Waals surface area contributed by atoms with Gasteiger partial charge in [-0.1, -0.05) is 22.9 Å². The SMILES string of the molecule is CCc1cc[n+](Cc2cc(OC)c(OC)cc2Br)cc1. The molecule has 0 atom stereocenters. The number of aryl methyl sites for hydroxylation is 1. The number of methoxy groups -OCH3 is 2. The first-order valence-corrected chi connectivity index (χ1v) is 7.35. The van der Waals surface area contributed by atoms with Crippen molar-refractivity contribution in [1.82, 2.24) is 0 Å². The lowest BCUT2D eigenvalue weighted by molar-refractivity contribution is -0.688. The van der Waals surface area contributed by atoms with E-state index in [-0.39, 0.29) is 0 Å². The number of aromatic nitrogens is 1. The fourth-order valence-corrected chi connectivity index (χ4v) is 2.49. The van der Waals surface area contributed by atoms with Crippen molar-refractivity contribution in [2.75, 3.05) is 14.2 Å². The van der Waals surface area contributed by atoms with Crippen molar-refractivity contribution in [2.24, 2.45) is 0 Å². The maximum absolute atomic E-state index is 5.35. The van der Waals surface area contributed by atoms with Gasteiger partial charge in [0.05, 0.1) is 14.2 Å². The zero-order valence-corrected chi connectivity index (χ0v) is 13.6. The van der Waals surface area contributed by atoms with E-state index in [0.717, 1.165) is 34.5 Å². The number of hydrogen-bond acceptors (Lipinski definition) is 2. The molecule has 2 rings (SSSR count). The molecule has 0 bridgehead atoms. The molecule has 106 valence electrons. The molecule has 1 aromatic carbocycles. The summed E-state index contributed by atoms with van der Waals surface area (Å²) in [7, 11) is 3.29. The number of benzene rings is 1. The number of ether oxygens (including phenoxy) is 2. The predicted molar refractivity (Wildman–Crippen MR) is 82.4 cm³/mol. The van der Waals surface area contributed by atoms with Crippen LogP contribution in [0.5, 0.6) is 11.5 Å². The molecule has 2 aromatic rings. The predicted octanol–water partition coefficient (Wildman–Crippen LogP) is 3.36. The topological polar surface area (TPSA) is 22.3 Å². The van der Waals surface area contributed by atoms with E-state index in [1.54, 1.807) is 14.2 Å². The lowest BCUT2D eigenvalue weighted by Crippen LogP contribution is -2.33. The summed E-state index contributed by atoms with van der Waals surface area (Å²) in [4.78, 5) is 0. The van der Waals surface area contributed by atoms with E-state index in [9.17, 15) is 0 Å². The first kappa shape index (κ1) is 14.9. The van der Waals surface area contributed by atoms with Gasteiger partial charge in [-0.2, -0.15) is 0 Å². The van der Waals surface area contributed by atoms with Crippen molar-refractivity contribution in [3.63, 3.8) is 0 Å². The Balaban J connectivity index is 2.27. The van der Waals surface area contributed by atoms with E-state index in [2.05, 4.69) is 51.9 Å². The molecule has 0 saturated heterocycles. The van der Waals surface area contributed by atoms with Crippen LogP contribution in [0.25, 0.3) is 0 Å². The van der Waals surface area contributed by atoms with Gasteiger partial charge >= 0.3 is 0 Å². The Bertz CT molecular complexity index is 582. The Labute approximate surface area is 128 Å². The zero-order chi connectivity index (χ0) is 14.5. The maximum atomic E-state index is 5.35. The monoisotopic (exact) mass is 336 g/mol. The van der Waals surface area contributed by atoms with Crippen LogP contribution in [0.4, 0.5) is 0 Å². The highest BCUT2D eigenvalue weighted by Crippen LogP contribution is 2.33. The molecule has 4 heteroatoms. The summed E-state index contributed by atoms with van der Waals surface area (Å²) >= 11 is 3.59. The molecule has 0 unspecified atom stereocenters. The van der Waals surface area contributed by atoms with E-state index < -0.39 is 0 Å². The normalized spacial score (nSPS) is 10.4. The van der Waals surface area contributed by atoms with Gasteiger partial charge in [0, 0.05) is 22.2 Å². The summed E-state index contributed by atoms with van der Waals surface area (Å²) in [5, 5.41) is 0. The van der Waals surface area contributed by atoms with Crippen molar-refractivity contribution in [3.8, 4) is 11.5 Å². The second kappa shape index (κ2) is 6.75. The second-order valence-corrected chi connectivity index (χ2v) is 5.39. The Hall–Kier alpha value is -1.55. The van der Waals surface area contributed by atoms with Gasteiger partial charge in [0.25, 0.3) is 0 Å². The summed E-state index contributed by atoms with van der Waals surface area (Å²) in [6.45, 7) is 2.94. The third kappa shape index (κ3) is 3.31. The van der Waals surface area contributed by atoms with Crippen LogP contribution in [0.3, 0.4) is 0 Å². The second-order valence-electron chi connectivity index (χ2n) is 4.53. The Morgan fingerprint density at radius 2 is 1.65 bits per heavy atom. The number of rotatable bonds is 5. The minimum atomic E-state index is 0.731. The molecule has 0 spiro atoms. The average Bonchev–Trinajstić information content (AvgIpc) is 2.49. The molecule has 0 N–H and O–H groups in total. The lowest BCUT2D eigenvalue weighted by atomic mass is 10.2. The van der Waals surface area contributed by atoms with Crippen molar-refractivity contribution < 1.29 is 14.0 Å². The molecule has 0 aliphatic heterocycles. The quantitative estimate of drug-likeness (QED) is 0.781. The summed E-state index contributed by atoms with van der Waals surface area (Å²) in [5.41, 5.74) is 2.49. The van der Waals surface area contributed by atoms with Crippen LogP contribution in [-0.2, 0) is 13.0 Å². The van der Waals surface area contributed by atoms with Crippen LogP contribution in [0.2, 0.25) is 0 Å². The summed E-state index contributed by atoms with van der Waals surface area (Å²) < 4.78 is 13.8. The minimum absolute atomic E-state index is 0.731. The standard InChI is InChI=1S/C16H19BrNO2/c1-4-12-5-7-18(8-6-12)11-13-9-15(19-2)16(20-3)10-14(13)17/h5-10H,4,11H2,1-3H3/q+1. The largest absolute Gasteiger partial charge is 0.493 e. The van der Waals surface area contributed by atoms with Crippen molar-refractivity contribution in [3.05, 3.63) is 52.3 Å². The third-order valence-corrected chi connectivity index (χ3v) is 4.01. The summed E-state index contributed by atoms with van der Waals surface area (Å²) in [6, 6.07) is 8.24. The third-order valence-electron chi connectivity index (χ3n) is 3.27. The zero-order valence-electron chi connectivity index (χ0n) is 12.0. The molecule has 3 nitrogen and oxygen atoms in total. The van der Waals surface area contributed by atoms with Gasteiger partial charge in [-0.25, -0.2) is 4.57 Å². The van der Waals surface area contributed by atoms with Gasteiger partial charge in [-0.3, -0.25) is 0 Å². The molecule has 1 aromatic heterocycles. The van der Waals surface area contributed by atoms with Crippen LogP contribution in [-0.4, -0.2) is 14.2 Å². The average molecular weight is 337 g/mol. The van der Waals surface area contributed by atoms with E-state index in [4.69, 9.17) is 9.47 Å². The molecule has 1 heterocycles. The van der Waals surface area contributed by atoms with Gasteiger partial charge in [0.2, 0.25) is 0 Å². The van der Waals surface area contributed by atoms with Crippen LogP contribution in [0.15, 0.2) is 41.1 Å². The highest BCUT2D eigenvalue weighted by Gasteiger charge is 2.12. The minimum Gasteiger partial charge on any atom is -0.493 e. The lowest BCUT2D eigenvalue weighted by Gasteiger charge is -2.10. The van der Waals surface area contributed by atoms with Gasteiger partial charge in [-0.05, 0) is 24.1 Å². The van der Waals surface area contributed by atoms with Crippen molar-refractivity contribution >= 4 is 15.9 Å². The van der Waals surface area contributed by atoms with Crippen LogP contribution < -0.4 is 14.0 Å². The number of hydrogen-bond donors (Lipinski definition) is 0. The molecule has 20 heavy (non-hydrogen) atoms. The van der Waals surface area contributed by atoms with E-state index in [0.29, 0.717) is 0 Å². The first-order chi connectivity index (χ1) is 9.67. The maximum Gasteiger partial charge on any atom is 0.175 e. The van der Waals surface area contributed by atoms with Gasteiger partial charge < -0.3 is 9.47 Å². The fourth-order valence-electron chi connectivity index (χ4n) is 2.04. The van der Waals surface area contributed by atoms with Crippen molar-refractivity contribution in [1.29, 1.82) is 0 Å². The smallest absolute Gasteiger partial charge is 0.175 e. The van der Waals surface area contributed by atoms with E-state index >= 15 is 0 Å². The van der Waals surface area contributed by atoms with Crippen LogP contribution in [0.1, 0.15) is 18.1 Å².